The zero-order valence-electron chi connectivity index (χ0n) is 20.6. The van der Waals surface area contributed by atoms with Crippen molar-refractivity contribution < 1.29 is 9.53 Å². The number of fused-ring (bicyclic) bond motifs is 2. The third kappa shape index (κ3) is 4.29. The molecule has 8 nitrogen and oxygen atoms in total. The second kappa shape index (κ2) is 9.16. The van der Waals surface area contributed by atoms with Crippen LogP contribution in [-0.2, 0) is 13.5 Å². The summed E-state index contributed by atoms with van der Waals surface area (Å²) in [5.74, 6) is 2.17. The third-order valence-corrected chi connectivity index (χ3v) is 6.91. The van der Waals surface area contributed by atoms with Crippen molar-refractivity contribution in [2.24, 2.45) is 13.0 Å². The summed E-state index contributed by atoms with van der Waals surface area (Å²) in [7, 11) is 1.89. The second-order valence-corrected chi connectivity index (χ2v) is 9.58. The number of ether oxygens (including phenoxy) is 1. The number of nitrogens with zero attached hydrogens (tertiary/aromatic N) is 5. The Balaban J connectivity index is 1.43. The monoisotopic (exact) mass is 462 g/mol. The molecule has 2 aliphatic heterocycles. The van der Waals surface area contributed by atoms with Crippen LogP contribution in [0.5, 0.6) is 5.75 Å². The maximum Gasteiger partial charge on any atom is 0.327 e. The van der Waals surface area contributed by atoms with E-state index in [-0.39, 0.29) is 6.03 Å². The van der Waals surface area contributed by atoms with E-state index in [1.54, 1.807) is 9.58 Å². The van der Waals surface area contributed by atoms with E-state index in [0.717, 1.165) is 47.8 Å². The lowest BCUT2D eigenvalue weighted by Crippen LogP contribution is -2.34. The van der Waals surface area contributed by atoms with Crippen molar-refractivity contribution in [2.45, 2.75) is 46.5 Å². The molecule has 2 aliphatic rings. The topological polar surface area (TPSA) is 75.5 Å². The molecule has 2 amide bonds. The minimum absolute atomic E-state index is 0.184. The van der Waals surface area contributed by atoms with Gasteiger partial charge in [-0.05, 0) is 57.6 Å². The minimum Gasteiger partial charge on any atom is -0.492 e. The molecule has 5 rings (SSSR count). The zero-order chi connectivity index (χ0) is 23.8. The number of hydrogen-bond acceptors (Lipinski definition) is 5. The molecule has 0 aliphatic carbocycles. The Hall–Kier alpha value is -3.29. The number of benzene rings is 1. The molecule has 34 heavy (non-hydrogen) atoms. The number of carbonyl (C=O) groups excluding carboxylic acids is 1. The Bertz CT molecular complexity index is 1220. The smallest absolute Gasteiger partial charge is 0.327 e. The molecule has 4 heterocycles. The highest BCUT2D eigenvalue weighted by Crippen LogP contribution is 2.37. The van der Waals surface area contributed by atoms with Crippen molar-refractivity contribution >= 4 is 34.1 Å². The summed E-state index contributed by atoms with van der Waals surface area (Å²) in [6.45, 7) is 9.55. The molecule has 180 valence electrons. The van der Waals surface area contributed by atoms with Crippen molar-refractivity contribution in [3.05, 3.63) is 35.7 Å². The summed E-state index contributed by atoms with van der Waals surface area (Å²) in [6, 6.07) is 5.82. The lowest BCUT2D eigenvalue weighted by Gasteiger charge is -2.26. The Morgan fingerprint density at radius 2 is 2.06 bits per heavy atom. The molecule has 2 aromatic heterocycles. The number of nitrogens with one attached hydrogen (secondary N) is 1. The highest BCUT2D eigenvalue weighted by molar-refractivity contribution is 6.05. The van der Waals surface area contributed by atoms with Crippen LogP contribution >= 0.6 is 0 Å². The Morgan fingerprint density at radius 1 is 1.21 bits per heavy atom. The first-order chi connectivity index (χ1) is 16.4. The van der Waals surface area contributed by atoms with Crippen LogP contribution in [0.3, 0.4) is 0 Å². The van der Waals surface area contributed by atoms with Gasteiger partial charge in [0.05, 0.1) is 17.8 Å². The fourth-order valence-corrected chi connectivity index (χ4v) is 5.17. The van der Waals surface area contributed by atoms with E-state index in [1.807, 2.05) is 39.2 Å². The first kappa shape index (κ1) is 22.5. The standard InChI is InChI=1S/C26H34N6O2/c1-5-34-24-15-21-19(16-30(4)29-21)14-22(24)28-26(33)32-12-9-20-23(13-18(3)27-25(20)32)31-10-6-7-17(2)8-11-31/h13-17H,5-12H2,1-4H3,(H,28,33). The first-order valence-electron chi connectivity index (χ1n) is 12.4. The van der Waals surface area contributed by atoms with Crippen LogP contribution < -0.4 is 19.9 Å². The average molecular weight is 463 g/mol. The average Bonchev–Trinajstić information content (AvgIpc) is 3.30. The van der Waals surface area contributed by atoms with Crippen LogP contribution in [-0.4, -0.2) is 47.0 Å². The van der Waals surface area contributed by atoms with Gasteiger partial charge in [0.1, 0.15) is 11.6 Å². The SMILES string of the molecule is CCOc1cc2nn(C)cc2cc1NC(=O)N1CCc2c(N3CCCC(C)CC3)cc(C)nc21. The van der Waals surface area contributed by atoms with Gasteiger partial charge in [-0.25, -0.2) is 9.78 Å². The van der Waals surface area contributed by atoms with Crippen molar-refractivity contribution in [2.75, 3.05) is 41.4 Å². The molecule has 1 aromatic carbocycles. The van der Waals surface area contributed by atoms with E-state index in [0.29, 0.717) is 24.6 Å². The predicted molar refractivity (Wildman–Crippen MR) is 136 cm³/mol. The number of hydrogen-bond donors (Lipinski definition) is 1. The minimum atomic E-state index is -0.184. The number of carbonyl (C=O) groups is 1. The Labute approximate surface area is 200 Å². The molecular weight excluding hydrogens is 428 g/mol. The molecule has 0 spiro atoms. The van der Waals surface area contributed by atoms with Gasteiger partial charge < -0.3 is 15.0 Å². The Kier molecular flexibility index (Phi) is 6.06. The molecular formula is C26H34N6O2. The summed E-state index contributed by atoms with van der Waals surface area (Å²) in [6.07, 6.45) is 6.44. The molecule has 8 heteroatoms. The van der Waals surface area contributed by atoms with E-state index in [4.69, 9.17) is 9.72 Å². The predicted octanol–water partition coefficient (Wildman–Crippen LogP) is 4.90. The largest absolute Gasteiger partial charge is 0.492 e. The van der Waals surface area contributed by atoms with Crippen molar-refractivity contribution in [3.8, 4) is 5.75 Å². The second-order valence-electron chi connectivity index (χ2n) is 9.58. The quantitative estimate of drug-likeness (QED) is 0.597. The summed E-state index contributed by atoms with van der Waals surface area (Å²) in [5, 5.41) is 8.50. The normalized spacial score (nSPS) is 18.2. The fraction of sp³-hybridized carbons (Fsp3) is 0.500. The van der Waals surface area contributed by atoms with Crippen molar-refractivity contribution in [1.29, 1.82) is 0 Å². The molecule has 3 aromatic rings. The molecule has 1 atom stereocenters. The fourth-order valence-electron chi connectivity index (χ4n) is 5.17. The van der Waals surface area contributed by atoms with Gasteiger partial charge in [-0.15, -0.1) is 0 Å². The third-order valence-electron chi connectivity index (χ3n) is 6.91. The molecule has 1 fully saturated rings. The van der Waals surface area contributed by atoms with E-state index >= 15 is 0 Å². The number of amides is 2. The van der Waals surface area contributed by atoms with Gasteiger partial charge in [0.15, 0.2) is 0 Å². The van der Waals surface area contributed by atoms with Gasteiger partial charge in [-0.1, -0.05) is 6.92 Å². The number of anilines is 3. The van der Waals surface area contributed by atoms with Gasteiger partial charge in [0.25, 0.3) is 0 Å². The van der Waals surface area contributed by atoms with Gasteiger partial charge in [-0.3, -0.25) is 9.58 Å². The van der Waals surface area contributed by atoms with Crippen molar-refractivity contribution in [3.63, 3.8) is 0 Å². The van der Waals surface area contributed by atoms with E-state index < -0.39 is 0 Å². The molecule has 1 saturated heterocycles. The molecule has 0 radical (unpaired) electrons. The number of aryl methyl sites for hydroxylation is 2. The lowest BCUT2D eigenvalue weighted by molar-refractivity contribution is 0.257. The van der Waals surface area contributed by atoms with Crippen LogP contribution in [0.15, 0.2) is 24.4 Å². The maximum atomic E-state index is 13.5. The van der Waals surface area contributed by atoms with Gasteiger partial charge >= 0.3 is 6.03 Å². The van der Waals surface area contributed by atoms with Gasteiger partial charge in [0.2, 0.25) is 0 Å². The highest BCUT2D eigenvalue weighted by atomic mass is 16.5. The van der Waals surface area contributed by atoms with Crippen molar-refractivity contribution in [1.82, 2.24) is 14.8 Å². The number of rotatable bonds is 4. The summed E-state index contributed by atoms with van der Waals surface area (Å²) >= 11 is 0. The molecule has 1 N–H and O–H groups in total. The molecule has 1 unspecified atom stereocenters. The van der Waals surface area contributed by atoms with Crippen LogP contribution in [0.1, 0.15) is 44.4 Å². The summed E-state index contributed by atoms with van der Waals surface area (Å²) in [5.41, 5.74) is 4.86. The van der Waals surface area contributed by atoms with Crippen LogP contribution in [0.4, 0.5) is 22.0 Å². The maximum absolute atomic E-state index is 13.5. The van der Waals surface area contributed by atoms with Gasteiger partial charge in [0, 0.05) is 61.3 Å². The molecule has 0 bridgehead atoms. The summed E-state index contributed by atoms with van der Waals surface area (Å²) < 4.78 is 7.59. The Morgan fingerprint density at radius 3 is 2.88 bits per heavy atom. The first-order valence-corrected chi connectivity index (χ1v) is 12.4. The van der Waals surface area contributed by atoms with Crippen LogP contribution in [0, 0.1) is 12.8 Å². The lowest BCUT2D eigenvalue weighted by atomic mass is 10.0. The number of pyridine rings is 1. The summed E-state index contributed by atoms with van der Waals surface area (Å²) in [4.78, 5) is 22.5. The van der Waals surface area contributed by atoms with Gasteiger partial charge in [-0.2, -0.15) is 5.10 Å². The van der Waals surface area contributed by atoms with Crippen LogP contribution in [0.2, 0.25) is 0 Å². The van der Waals surface area contributed by atoms with Crippen LogP contribution in [0.25, 0.3) is 10.9 Å². The number of aromatic nitrogens is 3. The molecule has 0 saturated carbocycles. The number of urea groups is 1. The van der Waals surface area contributed by atoms with E-state index in [1.165, 1.54) is 30.5 Å². The van der Waals surface area contributed by atoms with E-state index in [2.05, 4.69) is 28.3 Å². The zero-order valence-corrected chi connectivity index (χ0v) is 20.6. The highest BCUT2D eigenvalue weighted by Gasteiger charge is 2.31. The van der Waals surface area contributed by atoms with E-state index in [9.17, 15) is 4.79 Å².